The Morgan fingerprint density at radius 2 is 1.95 bits per heavy atom. The number of hydrogen-bond acceptors (Lipinski definition) is 3. The molecule has 2 aromatic carbocycles. The second kappa shape index (κ2) is 6.19. The molecule has 2 rings (SSSR count). The monoisotopic (exact) mass is 402 g/mol. The molecule has 0 aliphatic carbocycles. The van der Waals surface area contributed by atoms with Gasteiger partial charge in [0, 0.05) is 15.2 Å². The highest BCUT2D eigenvalue weighted by molar-refractivity contribution is 14.1. The summed E-state index contributed by atoms with van der Waals surface area (Å²) in [6, 6.07) is 11.2. The van der Waals surface area contributed by atoms with E-state index < -0.39 is 10.8 Å². The van der Waals surface area contributed by atoms with E-state index in [0.29, 0.717) is 5.69 Å². The van der Waals surface area contributed by atoms with Crippen molar-refractivity contribution in [1.82, 2.24) is 0 Å². The van der Waals surface area contributed by atoms with E-state index in [1.165, 1.54) is 12.1 Å². The molecule has 1 N–H and O–H groups in total. The van der Waals surface area contributed by atoms with E-state index in [2.05, 4.69) is 27.9 Å². The first-order valence-corrected chi connectivity index (χ1v) is 6.94. The minimum atomic E-state index is -0.620. The maximum Gasteiger partial charge on any atom is 0.288 e. The zero-order valence-electron chi connectivity index (χ0n) is 9.97. The van der Waals surface area contributed by atoms with Gasteiger partial charge >= 0.3 is 0 Å². The number of rotatable bonds is 3. The van der Waals surface area contributed by atoms with Gasteiger partial charge in [-0.2, -0.15) is 0 Å². The van der Waals surface area contributed by atoms with Crippen LogP contribution in [0.25, 0.3) is 0 Å². The number of hydrogen-bond donors (Lipinski definition) is 1. The highest BCUT2D eigenvalue weighted by atomic mass is 127. The number of para-hydroxylation sites is 1. The molecular weight excluding hydrogens is 395 g/mol. The Morgan fingerprint density at radius 1 is 1.25 bits per heavy atom. The number of nitro groups is 1. The van der Waals surface area contributed by atoms with Gasteiger partial charge in [-0.25, -0.2) is 0 Å². The van der Waals surface area contributed by atoms with Crippen molar-refractivity contribution in [2.24, 2.45) is 0 Å². The normalized spacial score (nSPS) is 10.1. The van der Waals surface area contributed by atoms with Crippen LogP contribution in [0.5, 0.6) is 0 Å². The number of nitrogens with zero attached hydrogens (tertiary/aromatic N) is 1. The summed E-state index contributed by atoms with van der Waals surface area (Å²) in [5.41, 5.74) is 0.540. The fraction of sp³-hybridized carbons (Fsp3) is 0. The quantitative estimate of drug-likeness (QED) is 0.477. The first-order valence-electron chi connectivity index (χ1n) is 5.49. The number of halogens is 2. The first-order chi connectivity index (χ1) is 9.49. The van der Waals surface area contributed by atoms with Crippen LogP contribution < -0.4 is 5.32 Å². The third-order valence-electron chi connectivity index (χ3n) is 2.53. The molecule has 0 aliphatic rings. The van der Waals surface area contributed by atoms with Crippen LogP contribution in [0.15, 0.2) is 42.5 Å². The zero-order chi connectivity index (χ0) is 14.7. The zero-order valence-corrected chi connectivity index (χ0v) is 12.9. The number of carbonyl (C=O) groups is 1. The lowest BCUT2D eigenvalue weighted by molar-refractivity contribution is -0.384. The van der Waals surface area contributed by atoms with Crippen LogP contribution >= 0.6 is 34.2 Å². The first kappa shape index (κ1) is 14.7. The van der Waals surface area contributed by atoms with Crippen molar-refractivity contribution in [2.45, 2.75) is 0 Å². The minimum absolute atomic E-state index is 0.000779. The molecule has 0 saturated heterocycles. The second-order valence-corrected chi connectivity index (χ2v) is 5.43. The molecule has 0 aromatic heterocycles. The van der Waals surface area contributed by atoms with Gasteiger partial charge in [0.1, 0.15) is 5.02 Å². The molecule has 0 radical (unpaired) electrons. The Bertz CT molecular complexity index is 691. The highest BCUT2D eigenvalue weighted by Crippen LogP contribution is 2.26. The lowest BCUT2D eigenvalue weighted by Crippen LogP contribution is -2.13. The SMILES string of the molecule is O=C(Nc1ccccc1I)c1ccc(Cl)c([N+](=O)[O-])c1. The number of anilines is 1. The average Bonchev–Trinajstić information content (AvgIpc) is 2.41. The summed E-state index contributed by atoms with van der Waals surface area (Å²) in [6.07, 6.45) is 0. The van der Waals surface area contributed by atoms with Crippen molar-refractivity contribution in [1.29, 1.82) is 0 Å². The van der Waals surface area contributed by atoms with Gasteiger partial charge in [-0.1, -0.05) is 23.7 Å². The molecule has 0 bridgehead atoms. The van der Waals surface area contributed by atoms with Crippen molar-refractivity contribution in [3.63, 3.8) is 0 Å². The summed E-state index contributed by atoms with van der Waals surface area (Å²) < 4.78 is 0.877. The van der Waals surface area contributed by atoms with Crippen molar-refractivity contribution < 1.29 is 9.72 Å². The van der Waals surface area contributed by atoms with E-state index in [0.717, 1.165) is 9.64 Å². The Hall–Kier alpha value is -1.67. The molecule has 0 saturated carbocycles. The Morgan fingerprint density at radius 3 is 2.60 bits per heavy atom. The van der Waals surface area contributed by atoms with Crippen molar-refractivity contribution >= 4 is 51.5 Å². The van der Waals surface area contributed by atoms with Crippen molar-refractivity contribution in [3.8, 4) is 0 Å². The van der Waals surface area contributed by atoms with E-state index in [1.54, 1.807) is 12.1 Å². The Balaban J connectivity index is 2.28. The van der Waals surface area contributed by atoms with E-state index in [9.17, 15) is 14.9 Å². The fourth-order valence-corrected chi connectivity index (χ4v) is 2.26. The van der Waals surface area contributed by atoms with Gasteiger partial charge in [0.05, 0.1) is 10.6 Å². The van der Waals surface area contributed by atoms with Gasteiger partial charge in [-0.15, -0.1) is 0 Å². The Kier molecular flexibility index (Phi) is 4.56. The summed E-state index contributed by atoms with van der Waals surface area (Å²) in [6.45, 7) is 0. The molecule has 0 heterocycles. The van der Waals surface area contributed by atoms with Crippen LogP contribution in [0.2, 0.25) is 5.02 Å². The molecule has 0 unspecified atom stereocenters. The number of amides is 1. The average molecular weight is 403 g/mol. The molecule has 102 valence electrons. The lowest BCUT2D eigenvalue weighted by atomic mass is 10.2. The van der Waals surface area contributed by atoms with Crippen LogP contribution in [-0.2, 0) is 0 Å². The fourth-order valence-electron chi connectivity index (χ4n) is 1.55. The topological polar surface area (TPSA) is 72.2 Å². The van der Waals surface area contributed by atoms with Gasteiger partial charge in [-0.3, -0.25) is 14.9 Å². The number of benzene rings is 2. The molecular formula is C13H8ClIN2O3. The predicted molar refractivity (Wildman–Crippen MR) is 85.2 cm³/mol. The molecule has 0 fully saturated rings. The van der Waals surface area contributed by atoms with Gasteiger partial charge in [0.2, 0.25) is 0 Å². The van der Waals surface area contributed by atoms with Crippen molar-refractivity contribution in [3.05, 3.63) is 66.7 Å². The molecule has 7 heteroatoms. The van der Waals surface area contributed by atoms with Crippen molar-refractivity contribution in [2.75, 3.05) is 5.32 Å². The number of carbonyl (C=O) groups excluding carboxylic acids is 1. The van der Waals surface area contributed by atoms with Crippen LogP contribution in [-0.4, -0.2) is 10.8 Å². The summed E-state index contributed by atoms with van der Waals surface area (Å²) >= 11 is 7.80. The highest BCUT2D eigenvalue weighted by Gasteiger charge is 2.16. The van der Waals surface area contributed by atoms with Crippen LogP contribution in [0.4, 0.5) is 11.4 Å². The number of nitro benzene ring substituents is 1. The molecule has 2 aromatic rings. The van der Waals surface area contributed by atoms with Gasteiger partial charge in [-0.05, 0) is 46.9 Å². The van der Waals surface area contributed by atoms with E-state index in [4.69, 9.17) is 11.6 Å². The molecule has 5 nitrogen and oxygen atoms in total. The van der Waals surface area contributed by atoms with Gasteiger partial charge in [0.15, 0.2) is 0 Å². The van der Waals surface area contributed by atoms with E-state index in [-0.39, 0.29) is 16.3 Å². The molecule has 0 spiro atoms. The third kappa shape index (κ3) is 3.26. The van der Waals surface area contributed by atoms with Crippen LogP contribution in [0.3, 0.4) is 0 Å². The van der Waals surface area contributed by atoms with E-state index >= 15 is 0 Å². The number of nitrogens with one attached hydrogen (secondary N) is 1. The van der Waals surface area contributed by atoms with Gasteiger partial charge < -0.3 is 5.32 Å². The third-order valence-corrected chi connectivity index (χ3v) is 3.79. The van der Waals surface area contributed by atoms with Crippen LogP contribution in [0.1, 0.15) is 10.4 Å². The molecule has 0 atom stereocenters. The summed E-state index contributed by atoms with van der Waals surface area (Å²) in [5.74, 6) is -0.422. The molecule has 1 amide bonds. The maximum atomic E-state index is 12.1. The van der Waals surface area contributed by atoms with Crippen LogP contribution in [0, 0.1) is 13.7 Å². The minimum Gasteiger partial charge on any atom is -0.321 e. The smallest absolute Gasteiger partial charge is 0.288 e. The summed E-state index contributed by atoms with van der Waals surface area (Å²) in [7, 11) is 0. The largest absolute Gasteiger partial charge is 0.321 e. The molecule has 0 aliphatic heterocycles. The van der Waals surface area contributed by atoms with E-state index in [1.807, 2.05) is 12.1 Å². The van der Waals surface area contributed by atoms with Gasteiger partial charge in [0.25, 0.3) is 11.6 Å². The Labute approximate surface area is 133 Å². The predicted octanol–water partition coefficient (Wildman–Crippen LogP) is 4.11. The summed E-state index contributed by atoms with van der Waals surface area (Å²) in [5, 5.41) is 13.5. The maximum absolute atomic E-state index is 12.1. The lowest BCUT2D eigenvalue weighted by Gasteiger charge is -2.07. The summed E-state index contributed by atoms with van der Waals surface area (Å²) in [4.78, 5) is 22.2. The second-order valence-electron chi connectivity index (χ2n) is 3.86. The molecule has 20 heavy (non-hydrogen) atoms. The standard InChI is InChI=1S/C13H8ClIN2O3/c14-9-6-5-8(7-12(9)17(19)20)13(18)16-11-4-2-1-3-10(11)15/h1-7H,(H,16,18).